The van der Waals surface area contributed by atoms with Crippen LogP contribution >= 0.6 is 0 Å². The minimum Gasteiger partial charge on any atom is -0.475 e. The van der Waals surface area contributed by atoms with Crippen molar-refractivity contribution in [3.63, 3.8) is 0 Å². The van der Waals surface area contributed by atoms with Gasteiger partial charge >= 0.3 is 5.97 Å². The van der Waals surface area contributed by atoms with Crippen LogP contribution in [0, 0.1) is 0 Å². The molecule has 0 amide bonds. The highest BCUT2D eigenvalue weighted by molar-refractivity contribution is 5.84. The first-order valence-corrected chi connectivity index (χ1v) is 4.77. The van der Waals surface area contributed by atoms with Gasteiger partial charge in [-0.05, 0) is 12.5 Å². The number of carbonyl (C=O) groups is 1. The van der Waals surface area contributed by atoms with Crippen LogP contribution in [0.25, 0.3) is 0 Å². The number of hydrogen-bond acceptors (Lipinski definition) is 4. The minimum atomic E-state index is -1.10. The van der Waals surface area contributed by atoms with Crippen molar-refractivity contribution >= 4 is 5.97 Å². The van der Waals surface area contributed by atoms with E-state index in [1.54, 1.807) is 0 Å². The van der Waals surface area contributed by atoms with Crippen LogP contribution in [0.15, 0.2) is 16.5 Å². The third-order valence-electron chi connectivity index (χ3n) is 1.61. The summed E-state index contributed by atoms with van der Waals surface area (Å²) in [6.07, 6.45) is 0.962. The molecule has 5 heteroatoms. The molecule has 1 aromatic rings. The van der Waals surface area contributed by atoms with Crippen LogP contribution in [-0.4, -0.2) is 30.9 Å². The van der Waals surface area contributed by atoms with Crippen LogP contribution in [0.5, 0.6) is 5.95 Å². The van der Waals surface area contributed by atoms with E-state index < -0.39 is 5.97 Å². The van der Waals surface area contributed by atoms with Crippen LogP contribution in [-0.2, 0) is 4.74 Å². The summed E-state index contributed by atoms with van der Waals surface area (Å²) in [5.74, 6) is -1.03. The highest BCUT2D eigenvalue weighted by atomic mass is 16.6. The Bertz CT molecular complexity index is 305. The average molecular weight is 214 g/mol. The lowest BCUT2D eigenvalue weighted by molar-refractivity contribution is 0.0641. The van der Waals surface area contributed by atoms with E-state index in [1.165, 1.54) is 12.1 Å². The first kappa shape index (κ1) is 11.6. The van der Waals surface area contributed by atoms with E-state index in [-0.39, 0.29) is 11.7 Å². The maximum Gasteiger partial charge on any atom is 0.371 e. The fourth-order valence-electron chi connectivity index (χ4n) is 0.960. The van der Waals surface area contributed by atoms with Gasteiger partial charge in [0.25, 0.3) is 5.95 Å². The summed E-state index contributed by atoms with van der Waals surface area (Å²) in [5, 5.41) is 8.57. The molecule has 1 heterocycles. The zero-order valence-corrected chi connectivity index (χ0v) is 8.56. The Morgan fingerprint density at radius 1 is 1.40 bits per heavy atom. The zero-order valence-electron chi connectivity index (χ0n) is 8.56. The Hall–Kier alpha value is -1.49. The number of furan rings is 1. The van der Waals surface area contributed by atoms with E-state index in [4.69, 9.17) is 19.0 Å². The zero-order chi connectivity index (χ0) is 11.1. The fourth-order valence-corrected chi connectivity index (χ4v) is 0.960. The van der Waals surface area contributed by atoms with Crippen molar-refractivity contribution < 1.29 is 23.8 Å². The molecule has 0 radical (unpaired) electrons. The second-order valence-electron chi connectivity index (χ2n) is 2.88. The van der Waals surface area contributed by atoms with Gasteiger partial charge in [0.1, 0.15) is 6.61 Å². The van der Waals surface area contributed by atoms with E-state index in [2.05, 4.69) is 0 Å². The van der Waals surface area contributed by atoms with Gasteiger partial charge in [-0.2, -0.15) is 0 Å². The molecule has 0 aromatic carbocycles. The van der Waals surface area contributed by atoms with Crippen molar-refractivity contribution in [1.82, 2.24) is 0 Å². The Morgan fingerprint density at radius 2 is 2.20 bits per heavy atom. The summed E-state index contributed by atoms with van der Waals surface area (Å²) in [6, 6.07) is 2.83. The van der Waals surface area contributed by atoms with Gasteiger partial charge in [0, 0.05) is 12.7 Å². The molecule has 84 valence electrons. The maximum absolute atomic E-state index is 10.5. The number of rotatable bonds is 7. The number of ether oxygens (including phenoxy) is 2. The molecule has 0 unspecified atom stereocenters. The standard InChI is InChI=1S/C10H14O5/c1-2-5-13-6-7-14-9-4-3-8(15-9)10(11)12/h3-4H,2,5-7H2,1H3,(H,11,12). The summed E-state index contributed by atoms with van der Waals surface area (Å²) in [4.78, 5) is 10.5. The van der Waals surface area contributed by atoms with Crippen molar-refractivity contribution in [2.45, 2.75) is 13.3 Å². The van der Waals surface area contributed by atoms with Crippen molar-refractivity contribution in [2.24, 2.45) is 0 Å². The molecule has 15 heavy (non-hydrogen) atoms. The van der Waals surface area contributed by atoms with Crippen LogP contribution in [0.2, 0.25) is 0 Å². The molecule has 0 saturated carbocycles. The van der Waals surface area contributed by atoms with Gasteiger partial charge in [-0.25, -0.2) is 4.79 Å². The first-order valence-electron chi connectivity index (χ1n) is 4.77. The molecular formula is C10H14O5. The maximum atomic E-state index is 10.5. The normalized spacial score (nSPS) is 10.2. The van der Waals surface area contributed by atoms with Crippen LogP contribution in [0.4, 0.5) is 0 Å². The van der Waals surface area contributed by atoms with E-state index in [9.17, 15) is 4.79 Å². The predicted molar refractivity (Wildman–Crippen MR) is 52.3 cm³/mol. The van der Waals surface area contributed by atoms with Crippen LogP contribution < -0.4 is 4.74 Å². The molecule has 0 saturated heterocycles. The molecule has 0 aliphatic heterocycles. The number of carboxylic acid groups (broad SMARTS) is 1. The molecule has 1 rings (SSSR count). The highest BCUT2D eigenvalue weighted by Gasteiger charge is 2.08. The Morgan fingerprint density at radius 3 is 2.80 bits per heavy atom. The quantitative estimate of drug-likeness (QED) is 0.700. The fraction of sp³-hybridized carbons (Fsp3) is 0.500. The highest BCUT2D eigenvalue weighted by Crippen LogP contribution is 2.15. The number of aromatic carboxylic acids is 1. The molecule has 0 bridgehead atoms. The van der Waals surface area contributed by atoms with Crippen molar-refractivity contribution in [1.29, 1.82) is 0 Å². The number of carboxylic acids is 1. The monoisotopic (exact) mass is 214 g/mol. The van der Waals surface area contributed by atoms with E-state index in [0.29, 0.717) is 19.8 Å². The largest absolute Gasteiger partial charge is 0.475 e. The summed E-state index contributed by atoms with van der Waals surface area (Å²) >= 11 is 0. The van der Waals surface area contributed by atoms with E-state index >= 15 is 0 Å². The lowest BCUT2D eigenvalue weighted by Crippen LogP contribution is -2.06. The SMILES string of the molecule is CCCOCCOc1ccc(C(=O)O)o1. The van der Waals surface area contributed by atoms with Gasteiger partial charge < -0.3 is 19.0 Å². The summed E-state index contributed by atoms with van der Waals surface area (Å²) in [7, 11) is 0. The smallest absolute Gasteiger partial charge is 0.371 e. The second kappa shape index (κ2) is 6.08. The average Bonchev–Trinajstić information content (AvgIpc) is 2.66. The van der Waals surface area contributed by atoms with Gasteiger partial charge in [0.15, 0.2) is 0 Å². The van der Waals surface area contributed by atoms with Gasteiger partial charge in [0.2, 0.25) is 5.76 Å². The van der Waals surface area contributed by atoms with Crippen LogP contribution in [0.3, 0.4) is 0 Å². The van der Waals surface area contributed by atoms with Crippen molar-refractivity contribution in [3.05, 3.63) is 17.9 Å². The van der Waals surface area contributed by atoms with Crippen molar-refractivity contribution in [2.75, 3.05) is 19.8 Å². The third-order valence-corrected chi connectivity index (χ3v) is 1.61. The predicted octanol–water partition coefficient (Wildman–Crippen LogP) is 1.78. The lowest BCUT2D eigenvalue weighted by atomic mass is 10.5. The summed E-state index contributed by atoms with van der Waals surface area (Å²) < 4.78 is 15.2. The molecule has 5 nitrogen and oxygen atoms in total. The Balaban J connectivity index is 2.23. The van der Waals surface area contributed by atoms with Crippen molar-refractivity contribution in [3.8, 4) is 5.95 Å². The van der Waals surface area contributed by atoms with E-state index in [0.717, 1.165) is 6.42 Å². The first-order chi connectivity index (χ1) is 7.24. The van der Waals surface area contributed by atoms with Crippen LogP contribution in [0.1, 0.15) is 23.9 Å². The van der Waals surface area contributed by atoms with Gasteiger partial charge in [0.05, 0.1) is 6.61 Å². The van der Waals surface area contributed by atoms with Gasteiger partial charge in [-0.3, -0.25) is 0 Å². The lowest BCUT2D eigenvalue weighted by Gasteiger charge is -2.02. The summed E-state index contributed by atoms with van der Waals surface area (Å²) in [5.41, 5.74) is 0. The molecule has 0 atom stereocenters. The molecule has 1 N–H and O–H groups in total. The molecule has 1 aromatic heterocycles. The second-order valence-corrected chi connectivity index (χ2v) is 2.88. The third kappa shape index (κ3) is 4.03. The minimum absolute atomic E-state index is 0.125. The van der Waals surface area contributed by atoms with Gasteiger partial charge in [-0.15, -0.1) is 0 Å². The molecular weight excluding hydrogens is 200 g/mol. The van der Waals surface area contributed by atoms with E-state index in [1.807, 2.05) is 6.92 Å². The Labute approximate surface area is 87.6 Å². The number of hydrogen-bond donors (Lipinski definition) is 1. The molecule has 0 spiro atoms. The summed E-state index contributed by atoms with van der Waals surface area (Å²) in [6.45, 7) is 3.54. The van der Waals surface area contributed by atoms with Gasteiger partial charge in [-0.1, -0.05) is 6.92 Å². The Kier molecular flexibility index (Phi) is 4.70. The molecule has 0 aliphatic rings. The molecule has 0 fully saturated rings. The topological polar surface area (TPSA) is 68.9 Å². The molecule has 0 aliphatic carbocycles.